The summed E-state index contributed by atoms with van der Waals surface area (Å²) in [5, 5.41) is 14.2. The van der Waals surface area contributed by atoms with Crippen LogP contribution in [-0.4, -0.2) is 54.7 Å². The van der Waals surface area contributed by atoms with E-state index in [1.54, 1.807) is 0 Å². The number of nitrogen functional groups attached to an aromatic ring is 1. The molecular formula is C64H77N10O2+. The van der Waals surface area contributed by atoms with E-state index < -0.39 is 10.8 Å². The molecule has 1 aromatic heterocycles. The van der Waals surface area contributed by atoms with E-state index in [1.807, 2.05) is 32.0 Å². The Bertz CT molecular complexity index is 3260. The second-order valence-corrected chi connectivity index (χ2v) is 23.1. The second-order valence-electron chi connectivity index (χ2n) is 23.1. The number of hydrogen-bond acceptors (Lipinski definition) is 9. The van der Waals surface area contributed by atoms with E-state index in [0.29, 0.717) is 31.3 Å². The standard InChI is InChI=1S/C64H76N10O2/c1-41-27-53-57(32-49(41)65)73(47-19-11-9-12-20-47)59-34-51(43(3)29-55(59)71-53)67-23-15-5-7-17-25-69-61(75)63-36-45-31-46(37-63)39-64(38-45,40-63)62(76)70-26-18-8-6-16-24-68-52-35-60-56(30-44(52)4)72-54-28-42(2)50(66)33-58(54)74(60)48-21-13-10-14-22-48/h9-14,19-22,27-30,32-35,45-46,57,67H,5-8,15-18,23-26,31,36-40,65H2,1-4H3,(H4,66,68,69,70,75,76)/p+1. The van der Waals surface area contributed by atoms with Crippen molar-refractivity contribution in [2.45, 2.75) is 124 Å². The fraction of sp³-hybridized carbons (Fsp3) is 0.422. The Kier molecular flexibility index (Phi) is 14.4. The van der Waals surface area contributed by atoms with E-state index in [9.17, 15) is 9.59 Å². The van der Waals surface area contributed by atoms with Gasteiger partial charge in [0.1, 0.15) is 11.0 Å². The molecule has 4 saturated carbocycles. The van der Waals surface area contributed by atoms with Crippen molar-refractivity contribution in [3.63, 3.8) is 0 Å². The van der Waals surface area contributed by atoms with Crippen LogP contribution >= 0.6 is 0 Å². The van der Waals surface area contributed by atoms with Crippen LogP contribution < -0.4 is 42.2 Å². The highest BCUT2D eigenvalue weighted by atomic mass is 16.2. The van der Waals surface area contributed by atoms with E-state index in [2.05, 4.69) is 136 Å². The molecule has 8 N–H and O–H groups in total. The number of carbonyl (C=O) groups excluding carboxylic acids is 2. The molecule has 4 bridgehead atoms. The zero-order valence-corrected chi connectivity index (χ0v) is 45.1. The Balaban J connectivity index is 0.614. The highest BCUT2D eigenvalue weighted by Gasteiger charge is 2.63. The largest absolute Gasteiger partial charge is 0.399 e. The van der Waals surface area contributed by atoms with Crippen molar-refractivity contribution < 1.29 is 14.2 Å². The molecule has 4 fully saturated rings. The topological polar surface area (TPSA) is 167 Å². The van der Waals surface area contributed by atoms with Crippen molar-refractivity contribution in [3.8, 4) is 5.69 Å². The zero-order chi connectivity index (χ0) is 52.6. The van der Waals surface area contributed by atoms with Gasteiger partial charge in [-0.3, -0.25) is 9.59 Å². The average molecular weight is 1020 g/mol. The number of aromatic nitrogens is 2. The van der Waals surface area contributed by atoms with Gasteiger partial charge in [-0.25, -0.2) is 9.98 Å². The Morgan fingerprint density at radius 2 is 1.18 bits per heavy atom. The molecule has 5 aromatic carbocycles. The number of allylic oxidation sites excluding steroid dienone is 1. The highest BCUT2D eigenvalue weighted by molar-refractivity contribution is 6.11. The van der Waals surface area contributed by atoms with Crippen LogP contribution in [0, 0.1) is 43.4 Å². The zero-order valence-electron chi connectivity index (χ0n) is 45.1. The number of para-hydroxylation sites is 2. The lowest BCUT2D eigenvalue weighted by Crippen LogP contribution is -2.61. The minimum atomic E-state index is -0.411. The van der Waals surface area contributed by atoms with Crippen LogP contribution in [0.1, 0.15) is 114 Å². The number of unbranched alkanes of at least 4 members (excludes halogenated alkanes) is 6. The molecule has 3 atom stereocenters. The van der Waals surface area contributed by atoms with Crippen molar-refractivity contribution in [2.75, 3.05) is 47.4 Å². The SMILES string of the molecule is CC1=CC2=Nc3cc(C)c(NCCCCCCNC(=O)C45CC6CC(C4)CC(C(=O)NCCCCCCNc4cc7c(cc4C)nc4cc(C)c(N)cc4[n+]7-c4ccccc4)(C6)C5)cc3N(c3ccccc3)C2C=C1N. The molecule has 12 heteroatoms. The third kappa shape index (κ3) is 10.1. The van der Waals surface area contributed by atoms with Crippen LogP contribution in [0.2, 0.25) is 0 Å². The molecule has 2 amide bonds. The lowest BCUT2D eigenvalue weighted by Gasteiger charge is -2.60. The van der Waals surface area contributed by atoms with Gasteiger partial charge in [0.2, 0.25) is 28.5 Å². The van der Waals surface area contributed by atoms with Crippen molar-refractivity contribution in [2.24, 2.45) is 33.4 Å². The molecule has 0 spiro atoms. The minimum absolute atomic E-state index is 0.0688. The first-order valence-electron chi connectivity index (χ1n) is 28.3. The van der Waals surface area contributed by atoms with E-state index in [4.69, 9.17) is 21.4 Å². The fourth-order valence-electron chi connectivity index (χ4n) is 13.9. The molecule has 0 saturated heterocycles. The lowest BCUT2D eigenvalue weighted by molar-refractivity contribution is -0.538. The number of anilines is 5. The molecular weight excluding hydrogens is 941 g/mol. The average Bonchev–Trinajstić information content (AvgIpc) is 3.43. The molecule has 12 nitrogen and oxygen atoms in total. The summed E-state index contributed by atoms with van der Waals surface area (Å²) in [4.78, 5) is 40.8. The Morgan fingerprint density at radius 1 is 0.645 bits per heavy atom. The number of hydrogen-bond donors (Lipinski definition) is 6. The van der Waals surface area contributed by atoms with Crippen molar-refractivity contribution >= 4 is 73.7 Å². The summed E-state index contributed by atoms with van der Waals surface area (Å²) in [5.74, 6) is 1.30. The monoisotopic (exact) mass is 1020 g/mol. The number of rotatable bonds is 20. The number of aryl methyl sites for hydroxylation is 3. The van der Waals surface area contributed by atoms with Gasteiger partial charge in [0.05, 0.1) is 34.0 Å². The molecule has 394 valence electrons. The minimum Gasteiger partial charge on any atom is -0.399 e. The maximum absolute atomic E-state index is 14.1. The van der Waals surface area contributed by atoms with Gasteiger partial charge < -0.3 is 37.6 Å². The summed E-state index contributed by atoms with van der Waals surface area (Å²) in [5.41, 5.74) is 29.3. The predicted molar refractivity (Wildman–Crippen MR) is 311 cm³/mol. The molecule has 0 radical (unpaired) electrons. The van der Waals surface area contributed by atoms with Crippen LogP contribution in [0.25, 0.3) is 27.8 Å². The third-order valence-corrected chi connectivity index (χ3v) is 17.5. The first kappa shape index (κ1) is 50.9. The van der Waals surface area contributed by atoms with Gasteiger partial charge in [-0.1, -0.05) is 62.1 Å². The maximum Gasteiger partial charge on any atom is 0.239 e. The first-order chi connectivity index (χ1) is 36.9. The summed E-state index contributed by atoms with van der Waals surface area (Å²) in [6.07, 6.45) is 18.1. The van der Waals surface area contributed by atoms with Crippen LogP contribution in [0.3, 0.4) is 0 Å². The number of aliphatic imine (C=N–C) groups is 1. The summed E-state index contributed by atoms with van der Waals surface area (Å²) in [6, 6.07) is 33.8. The Labute approximate surface area is 448 Å². The van der Waals surface area contributed by atoms with Gasteiger partial charge in [0.15, 0.2) is 0 Å². The van der Waals surface area contributed by atoms with Crippen molar-refractivity contribution in [3.05, 3.63) is 137 Å². The van der Waals surface area contributed by atoms with Crippen LogP contribution in [0.5, 0.6) is 0 Å². The normalized spacial score (nSPS) is 22.1. The van der Waals surface area contributed by atoms with Gasteiger partial charge in [0.25, 0.3) is 0 Å². The molecule has 6 aliphatic rings. The van der Waals surface area contributed by atoms with E-state index in [1.165, 1.54) is 5.56 Å². The smallest absolute Gasteiger partial charge is 0.239 e. The number of nitrogens with one attached hydrogen (secondary N) is 4. The van der Waals surface area contributed by atoms with Gasteiger partial charge in [-0.05, 0) is 175 Å². The van der Waals surface area contributed by atoms with Crippen molar-refractivity contribution in [1.82, 2.24) is 15.6 Å². The van der Waals surface area contributed by atoms with Gasteiger partial charge >= 0.3 is 0 Å². The molecule has 6 aromatic rings. The van der Waals surface area contributed by atoms with Gasteiger partial charge in [-0.15, -0.1) is 4.57 Å². The summed E-state index contributed by atoms with van der Waals surface area (Å²) < 4.78 is 2.26. The lowest BCUT2D eigenvalue weighted by atomic mass is 9.43. The second kappa shape index (κ2) is 21.4. The Morgan fingerprint density at radius 3 is 1.80 bits per heavy atom. The third-order valence-electron chi connectivity index (χ3n) is 17.5. The van der Waals surface area contributed by atoms with Gasteiger partial charge in [0, 0.05) is 78.9 Å². The summed E-state index contributed by atoms with van der Waals surface area (Å²) in [7, 11) is 0. The summed E-state index contributed by atoms with van der Waals surface area (Å²) in [6.45, 7) is 11.5. The number of nitrogens with two attached hydrogens (primary N) is 2. The first-order valence-corrected chi connectivity index (χ1v) is 28.3. The number of carbonyl (C=O) groups is 2. The molecule has 5 aliphatic carbocycles. The van der Waals surface area contributed by atoms with Crippen LogP contribution in [0.15, 0.2) is 125 Å². The molecule has 3 unspecified atom stereocenters. The Hall–Kier alpha value is -7.21. The van der Waals surface area contributed by atoms with E-state index in [0.717, 1.165) is 187 Å². The highest BCUT2D eigenvalue weighted by Crippen LogP contribution is 2.65. The number of nitrogens with zero attached hydrogens (tertiary/aromatic N) is 4. The van der Waals surface area contributed by atoms with Gasteiger partial charge in [-0.2, -0.15) is 0 Å². The molecule has 76 heavy (non-hydrogen) atoms. The molecule has 12 rings (SSSR count). The van der Waals surface area contributed by atoms with E-state index in [-0.39, 0.29) is 17.9 Å². The quantitative estimate of drug-likeness (QED) is 0.0190. The number of amides is 2. The number of fused-ring (bicyclic) bond motifs is 4. The number of benzene rings is 5. The summed E-state index contributed by atoms with van der Waals surface area (Å²) >= 11 is 0. The fourth-order valence-corrected chi connectivity index (χ4v) is 13.9. The predicted octanol–water partition coefficient (Wildman–Crippen LogP) is 12.0. The van der Waals surface area contributed by atoms with Crippen molar-refractivity contribution in [1.29, 1.82) is 0 Å². The van der Waals surface area contributed by atoms with E-state index >= 15 is 0 Å². The van der Waals surface area contributed by atoms with Crippen LogP contribution in [-0.2, 0) is 9.59 Å². The van der Waals surface area contributed by atoms with Crippen LogP contribution in [0.4, 0.5) is 34.1 Å². The maximum atomic E-state index is 14.1. The molecule has 2 heterocycles. The molecule has 1 aliphatic heterocycles.